The molecule has 25 heavy (non-hydrogen) atoms. The minimum absolute atomic E-state index is 0.183. The van der Waals surface area contributed by atoms with Crippen molar-refractivity contribution in [2.45, 2.75) is 103 Å². The van der Waals surface area contributed by atoms with Gasteiger partial charge in [0.25, 0.3) is 0 Å². The Morgan fingerprint density at radius 3 is 2.44 bits per heavy atom. The quantitative estimate of drug-likeness (QED) is 0.686. The fourth-order valence-corrected chi connectivity index (χ4v) is 8.61. The van der Waals surface area contributed by atoms with Gasteiger partial charge in [-0.15, -0.1) is 0 Å². The zero-order valence-corrected chi connectivity index (χ0v) is 16.7. The van der Waals surface area contributed by atoms with Crippen LogP contribution in [0.4, 0.5) is 0 Å². The summed E-state index contributed by atoms with van der Waals surface area (Å²) in [6.07, 6.45) is 14.0. The molecule has 0 amide bonds. The van der Waals surface area contributed by atoms with Crippen LogP contribution in [0.2, 0.25) is 0 Å². The van der Waals surface area contributed by atoms with Gasteiger partial charge in [0.05, 0.1) is 17.8 Å². The second kappa shape index (κ2) is 5.25. The van der Waals surface area contributed by atoms with Gasteiger partial charge in [0.2, 0.25) is 0 Å². The highest BCUT2D eigenvalue weighted by Crippen LogP contribution is 2.70. The largest absolute Gasteiger partial charge is 0.389 e. The summed E-state index contributed by atoms with van der Waals surface area (Å²) < 4.78 is 5.87. The molecule has 2 nitrogen and oxygen atoms in total. The smallest absolute Gasteiger partial charge is 0.0919 e. The predicted molar refractivity (Wildman–Crippen MR) is 100 cm³/mol. The molecular formula is C23H38O2. The number of aliphatic hydroxyl groups is 1. The normalized spacial score (nSPS) is 60.0. The molecule has 4 saturated carbocycles. The fourth-order valence-electron chi connectivity index (χ4n) is 8.61. The highest BCUT2D eigenvalue weighted by atomic mass is 16.6. The summed E-state index contributed by atoms with van der Waals surface area (Å²) in [6, 6.07) is 0. The SMILES string of the molecule is CCC[C@]1(O)CCC2C3CCC4C[C@@]5(CC[C@]4(C)C3CC[C@@]21C)CO5. The van der Waals surface area contributed by atoms with E-state index in [1.165, 1.54) is 51.4 Å². The molecule has 4 unspecified atom stereocenters. The molecule has 1 N–H and O–H groups in total. The molecule has 5 rings (SSSR count). The van der Waals surface area contributed by atoms with Crippen LogP contribution in [0.25, 0.3) is 0 Å². The summed E-state index contributed by atoms with van der Waals surface area (Å²) in [5.41, 5.74) is 0.665. The molecule has 0 aromatic carbocycles. The third-order valence-corrected chi connectivity index (χ3v) is 10.3. The van der Waals surface area contributed by atoms with Crippen molar-refractivity contribution in [2.24, 2.45) is 34.5 Å². The molecule has 4 aliphatic carbocycles. The summed E-state index contributed by atoms with van der Waals surface area (Å²) in [5, 5.41) is 11.5. The minimum Gasteiger partial charge on any atom is -0.389 e. The number of rotatable bonds is 2. The first kappa shape index (κ1) is 17.0. The van der Waals surface area contributed by atoms with Crippen LogP contribution in [-0.2, 0) is 4.74 Å². The maximum atomic E-state index is 11.5. The van der Waals surface area contributed by atoms with Crippen molar-refractivity contribution in [3.63, 3.8) is 0 Å². The lowest BCUT2D eigenvalue weighted by molar-refractivity contribution is -0.157. The van der Waals surface area contributed by atoms with E-state index in [1.807, 2.05) is 0 Å². The van der Waals surface area contributed by atoms with E-state index in [1.54, 1.807) is 0 Å². The molecule has 0 bridgehead atoms. The Morgan fingerprint density at radius 2 is 1.72 bits per heavy atom. The van der Waals surface area contributed by atoms with E-state index in [4.69, 9.17) is 4.74 Å². The number of hydrogen-bond acceptors (Lipinski definition) is 2. The van der Waals surface area contributed by atoms with E-state index in [-0.39, 0.29) is 11.0 Å². The van der Waals surface area contributed by atoms with E-state index in [2.05, 4.69) is 20.8 Å². The Bertz CT molecular complexity index is 554. The molecule has 5 fully saturated rings. The molecule has 0 aromatic heterocycles. The fraction of sp³-hybridized carbons (Fsp3) is 1.00. The van der Waals surface area contributed by atoms with Crippen molar-refractivity contribution in [2.75, 3.05) is 6.61 Å². The molecule has 1 spiro atoms. The average molecular weight is 347 g/mol. The van der Waals surface area contributed by atoms with Gasteiger partial charge in [-0.05, 0) is 98.7 Å². The molecule has 2 heteroatoms. The van der Waals surface area contributed by atoms with Gasteiger partial charge in [0.15, 0.2) is 0 Å². The van der Waals surface area contributed by atoms with E-state index < -0.39 is 0 Å². The van der Waals surface area contributed by atoms with Crippen LogP contribution in [0, 0.1) is 34.5 Å². The molecule has 0 aromatic rings. The van der Waals surface area contributed by atoms with E-state index in [9.17, 15) is 5.11 Å². The Labute approximate surface area is 154 Å². The molecule has 142 valence electrons. The first-order chi connectivity index (χ1) is 11.9. The van der Waals surface area contributed by atoms with Crippen molar-refractivity contribution >= 4 is 0 Å². The summed E-state index contributed by atoms with van der Waals surface area (Å²) in [6.45, 7) is 8.38. The molecule has 0 radical (unpaired) electrons. The van der Waals surface area contributed by atoms with E-state index in [0.29, 0.717) is 11.0 Å². The van der Waals surface area contributed by atoms with Crippen molar-refractivity contribution in [1.29, 1.82) is 0 Å². The maximum Gasteiger partial charge on any atom is 0.0919 e. The number of fused-ring (bicyclic) bond motifs is 5. The predicted octanol–water partition coefficient (Wildman–Crippen LogP) is 5.33. The molecule has 1 aliphatic heterocycles. The monoisotopic (exact) mass is 346 g/mol. The lowest BCUT2D eigenvalue weighted by Crippen LogP contribution is -2.57. The van der Waals surface area contributed by atoms with Crippen molar-refractivity contribution in [3.05, 3.63) is 0 Å². The van der Waals surface area contributed by atoms with Gasteiger partial charge in [-0.2, -0.15) is 0 Å². The molecule has 1 heterocycles. The number of epoxide rings is 1. The lowest BCUT2D eigenvalue weighted by Gasteiger charge is -2.61. The lowest BCUT2D eigenvalue weighted by atomic mass is 9.44. The van der Waals surface area contributed by atoms with E-state index >= 15 is 0 Å². The van der Waals surface area contributed by atoms with Crippen molar-refractivity contribution in [1.82, 2.24) is 0 Å². The third kappa shape index (κ3) is 2.16. The average Bonchev–Trinajstić information content (AvgIpc) is 3.28. The summed E-state index contributed by atoms with van der Waals surface area (Å²) >= 11 is 0. The molecule has 1 saturated heterocycles. The van der Waals surface area contributed by atoms with Gasteiger partial charge in [0, 0.05) is 0 Å². The van der Waals surface area contributed by atoms with Crippen LogP contribution in [0.5, 0.6) is 0 Å². The molecule has 8 atom stereocenters. The zero-order valence-electron chi connectivity index (χ0n) is 16.7. The minimum atomic E-state index is -0.381. The Morgan fingerprint density at radius 1 is 0.960 bits per heavy atom. The van der Waals surface area contributed by atoms with Crippen LogP contribution in [0.1, 0.15) is 91.4 Å². The van der Waals surface area contributed by atoms with Gasteiger partial charge < -0.3 is 9.84 Å². The van der Waals surface area contributed by atoms with E-state index in [0.717, 1.165) is 49.5 Å². The van der Waals surface area contributed by atoms with Gasteiger partial charge >= 0.3 is 0 Å². The Hall–Kier alpha value is -0.0800. The number of hydrogen-bond donors (Lipinski definition) is 1. The first-order valence-corrected chi connectivity index (χ1v) is 11.2. The van der Waals surface area contributed by atoms with Gasteiger partial charge in [0.1, 0.15) is 0 Å². The zero-order chi connectivity index (χ0) is 17.5. The van der Waals surface area contributed by atoms with Crippen LogP contribution in [0.3, 0.4) is 0 Å². The van der Waals surface area contributed by atoms with Crippen LogP contribution >= 0.6 is 0 Å². The van der Waals surface area contributed by atoms with Crippen LogP contribution in [-0.4, -0.2) is 22.9 Å². The van der Waals surface area contributed by atoms with Crippen LogP contribution < -0.4 is 0 Å². The summed E-state index contributed by atoms with van der Waals surface area (Å²) in [7, 11) is 0. The molecule has 5 aliphatic rings. The van der Waals surface area contributed by atoms with Crippen molar-refractivity contribution in [3.8, 4) is 0 Å². The van der Waals surface area contributed by atoms with Gasteiger partial charge in [-0.1, -0.05) is 27.2 Å². The topological polar surface area (TPSA) is 32.8 Å². The maximum absolute atomic E-state index is 11.5. The van der Waals surface area contributed by atoms with Gasteiger partial charge in [-0.3, -0.25) is 0 Å². The summed E-state index contributed by atoms with van der Waals surface area (Å²) in [4.78, 5) is 0. The van der Waals surface area contributed by atoms with Gasteiger partial charge in [-0.25, -0.2) is 0 Å². The first-order valence-electron chi connectivity index (χ1n) is 11.2. The Balaban J connectivity index is 1.42. The Kier molecular flexibility index (Phi) is 3.58. The standard InChI is InChI=1S/C23H38O2/c1-4-9-23(24)11-8-19-17-6-5-16-14-22(15-25-22)13-12-20(16,2)18(17)7-10-21(19,23)3/h16-19,24H,4-15H2,1-3H3/t16?,17?,18?,19?,20-,21-,22-,23-/m0/s1. The second-order valence-electron chi connectivity index (χ2n) is 11.1. The summed E-state index contributed by atoms with van der Waals surface area (Å²) in [5.74, 6) is 3.45. The highest BCUT2D eigenvalue weighted by Gasteiger charge is 2.65. The molecular weight excluding hydrogens is 308 g/mol. The second-order valence-corrected chi connectivity index (χ2v) is 11.1. The third-order valence-electron chi connectivity index (χ3n) is 10.3. The van der Waals surface area contributed by atoms with Crippen LogP contribution in [0.15, 0.2) is 0 Å². The van der Waals surface area contributed by atoms with Crippen molar-refractivity contribution < 1.29 is 9.84 Å². The highest BCUT2D eigenvalue weighted by molar-refractivity contribution is 5.15. The number of ether oxygens (including phenoxy) is 1.